The first-order chi connectivity index (χ1) is 5.13. The molecule has 0 aliphatic carbocycles. The number of alkyl halides is 2. The number of nitrogens with zero attached hydrogens (tertiary/aromatic N) is 2. The zero-order valence-electron chi connectivity index (χ0n) is 4.99. The van der Waals surface area contributed by atoms with Gasteiger partial charge in [0.15, 0.2) is 5.69 Å². The molecule has 1 aromatic heterocycles. The van der Waals surface area contributed by atoms with E-state index in [1.807, 2.05) is 0 Å². The number of halogens is 2. The van der Waals surface area contributed by atoms with Gasteiger partial charge in [0, 0.05) is 0 Å². The summed E-state index contributed by atoms with van der Waals surface area (Å²) in [6.07, 6.45) is -2.82. The molecule has 1 aromatic rings. The average Bonchev–Trinajstić information content (AvgIpc) is 2.32. The van der Waals surface area contributed by atoms with E-state index in [9.17, 15) is 13.6 Å². The molecule has 0 amide bonds. The highest BCUT2D eigenvalue weighted by Gasteiger charge is 2.22. The Kier molecular flexibility index (Phi) is 2.08. The van der Waals surface area contributed by atoms with E-state index in [1.165, 1.54) is 0 Å². The third kappa shape index (κ3) is 1.48. The first-order valence-electron chi connectivity index (χ1n) is 2.46. The summed E-state index contributed by atoms with van der Waals surface area (Å²) >= 11 is 0.394. The molecule has 1 rings (SSSR count). The number of hydrogen-bond donors (Lipinski definition) is 1. The molecule has 0 fully saturated rings. The van der Waals surface area contributed by atoms with E-state index in [2.05, 4.69) is 9.59 Å². The highest BCUT2D eigenvalue weighted by atomic mass is 32.1. The van der Waals surface area contributed by atoms with Gasteiger partial charge in [-0.1, -0.05) is 4.49 Å². The Hall–Kier alpha value is -1.11. The molecule has 60 valence electrons. The Bertz CT molecular complexity index is 275. The van der Waals surface area contributed by atoms with Crippen molar-refractivity contribution in [2.75, 3.05) is 0 Å². The van der Waals surface area contributed by atoms with Crippen LogP contribution in [0.4, 0.5) is 8.78 Å². The summed E-state index contributed by atoms with van der Waals surface area (Å²) in [6, 6.07) is 0. The van der Waals surface area contributed by atoms with Crippen molar-refractivity contribution in [2.45, 2.75) is 6.43 Å². The number of aromatic carboxylic acids is 1. The van der Waals surface area contributed by atoms with Crippen molar-refractivity contribution in [3.8, 4) is 0 Å². The van der Waals surface area contributed by atoms with Gasteiger partial charge in [0.2, 0.25) is 0 Å². The lowest BCUT2D eigenvalue weighted by Gasteiger charge is -1.91. The van der Waals surface area contributed by atoms with Gasteiger partial charge >= 0.3 is 5.97 Å². The molecule has 7 heteroatoms. The van der Waals surface area contributed by atoms with E-state index < -0.39 is 23.0 Å². The quantitative estimate of drug-likeness (QED) is 0.742. The average molecular weight is 180 g/mol. The van der Waals surface area contributed by atoms with Crippen molar-refractivity contribution in [3.63, 3.8) is 0 Å². The lowest BCUT2D eigenvalue weighted by molar-refractivity contribution is 0.0679. The third-order valence-corrected chi connectivity index (χ3v) is 1.65. The van der Waals surface area contributed by atoms with Gasteiger partial charge in [-0.05, 0) is 11.5 Å². The van der Waals surface area contributed by atoms with Gasteiger partial charge in [-0.3, -0.25) is 0 Å². The maximum atomic E-state index is 11.9. The van der Waals surface area contributed by atoms with Crippen LogP contribution in [0.5, 0.6) is 0 Å². The summed E-state index contributed by atoms with van der Waals surface area (Å²) in [6.45, 7) is 0. The highest BCUT2D eigenvalue weighted by molar-refractivity contribution is 7.05. The van der Waals surface area contributed by atoms with E-state index in [0.717, 1.165) is 0 Å². The van der Waals surface area contributed by atoms with Crippen molar-refractivity contribution in [3.05, 3.63) is 10.6 Å². The van der Waals surface area contributed by atoms with Gasteiger partial charge < -0.3 is 5.11 Å². The topological polar surface area (TPSA) is 63.1 Å². The number of rotatable bonds is 2. The highest BCUT2D eigenvalue weighted by Crippen LogP contribution is 2.24. The Labute approximate surface area is 63.6 Å². The maximum absolute atomic E-state index is 11.9. The normalized spacial score (nSPS) is 10.5. The van der Waals surface area contributed by atoms with Crippen LogP contribution in [0.3, 0.4) is 0 Å². The molecule has 0 aliphatic heterocycles. The predicted octanol–water partition coefficient (Wildman–Crippen LogP) is 1.17. The van der Waals surface area contributed by atoms with Crippen LogP contribution in [-0.4, -0.2) is 20.7 Å². The Balaban J connectivity index is 3.06. The van der Waals surface area contributed by atoms with Crippen molar-refractivity contribution in [1.29, 1.82) is 0 Å². The molecule has 4 nitrogen and oxygen atoms in total. The zero-order valence-corrected chi connectivity index (χ0v) is 5.81. The van der Waals surface area contributed by atoms with E-state index in [1.54, 1.807) is 0 Å². The number of carboxylic acid groups (broad SMARTS) is 1. The molecule has 0 spiro atoms. The number of hydrogen-bond acceptors (Lipinski definition) is 4. The fourth-order valence-corrected chi connectivity index (χ4v) is 0.994. The van der Waals surface area contributed by atoms with Crippen molar-refractivity contribution >= 4 is 17.5 Å². The van der Waals surface area contributed by atoms with E-state index >= 15 is 0 Å². The van der Waals surface area contributed by atoms with Crippen LogP contribution in [-0.2, 0) is 0 Å². The molecule has 1 N–H and O–H groups in total. The summed E-state index contributed by atoms with van der Waals surface area (Å²) in [5, 5.41) is 11.3. The first kappa shape index (κ1) is 7.99. The molecule has 0 aliphatic rings. The monoisotopic (exact) mass is 180 g/mol. The molecular formula is C4H2F2N2O2S. The SMILES string of the molecule is O=C(O)c1nnsc1C(F)F. The minimum Gasteiger partial charge on any atom is -0.476 e. The first-order valence-corrected chi connectivity index (χ1v) is 3.24. The van der Waals surface area contributed by atoms with Gasteiger partial charge in [0.05, 0.1) is 0 Å². The summed E-state index contributed by atoms with van der Waals surface area (Å²) in [5.74, 6) is -1.48. The smallest absolute Gasteiger partial charge is 0.357 e. The van der Waals surface area contributed by atoms with Crippen molar-refractivity contribution < 1.29 is 18.7 Å². The van der Waals surface area contributed by atoms with Crippen LogP contribution in [0.25, 0.3) is 0 Å². The van der Waals surface area contributed by atoms with E-state index in [0.29, 0.717) is 11.5 Å². The lowest BCUT2D eigenvalue weighted by Crippen LogP contribution is -2.00. The van der Waals surface area contributed by atoms with E-state index in [4.69, 9.17) is 5.11 Å². The van der Waals surface area contributed by atoms with Crippen LogP contribution >= 0.6 is 11.5 Å². The van der Waals surface area contributed by atoms with Crippen LogP contribution in [0.2, 0.25) is 0 Å². The molecular weight excluding hydrogens is 178 g/mol. The summed E-state index contributed by atoms with van der Waals surface area (Å²) in [4.78, 5) is 9.56. The number of aromatic nitrogens is 2. The molecule has 0 radical (unpaired) electrons. The summed E-state index contributed by atoms with van der Waals surface area (Å²) < 4.78 is 26.9. The fourth-order valence-electron chi connectivity index (χ4n) is 0.489. The second-order valence-corrected chi connectivity index (χ2v) is 2.38. The van der Waals surface area contributed by atoms with Crippen LogP contribution in [0, 0.1) is 0 Å². The molecule has 0 saturated carbocycles. The summed E-state index contributed by atoms with van der Waals surface area (Å²) in [7, 11) is 0. The molecule has 11 heavy (non-hydrogen) atoms. The minimum atomic E-state index is -2.82. The molecule has 1 heterocycles. The summed E-state index contributed by atoms with van der Waals surface area (Å²) in [5.41, 5.74) is -0.662. The Morgan fingerprint density at radius 3 is 2.64 bits per heavy atom. The molecule has 0 saturated heterocycles. The molecule has 0 atom stereocenters. The van der Waals surface area contributed by atoms with Gasteiger partial charge in [-0.15, -0.1) is 5.10 Å². The predicted molar refractivity (Wildman–Crippen MR) is 31.8 cm³/mol. The van der Waals surface area contributed by atoms with Gasteiger partial charge in [0.25, 0.3) is 6.43 Å². The molecule has 0 aromatic carbocycles. The van der Waals surface area contributed by atoms with Gasteiger partial charge in [-0.2, -0.15) is 0 Å². The van der Waals surface area contributed by atoms with Crippen LogP contribution in [0.15, 0.2) is 0 Å². The maximum Gasteiger partial charge on any atom is 0.357 e. The second kappa shape index (κ2) is 2.87. The van der Waals surface area contributed by atoms with Crippen LogP contribution in [0.1, 0.15) is 21.8 Å². The Morgan fingerprint density at radius 1 is 1.64 bits per heavy atom. The largest absolute Gasteiger partial charge is 0.476 e. The lowest BCUT2D eigenvalue weighted by atomic mass is 10.4. The van der Waals surface area contributed by atoms with E-state index in [-0.39, 0.29) is 0 Å². The fraction of sp³-hybridized carbons (Fsp3) is 0.250. The Morgan fingerprint density at radius 2 is 2.27 bits per heavy atom. The van der Waals surface area contributed by atoms with Gasteiger partial charge in [0.1, 0.15) is 4.88 Å². The van der Waals surface area contributed by atoms with Crippen molar-refractivity contribution in [1.82, 2.24) is 9.59 Å². The standard InChI is InChI=1S/C4H2F2N2O2S/c5-3(6)2-1(4(9)10)7-8-11-2/h3H,(H,9,10). The van der Waals surface area contributed by atoms with Crippen molar-refractivity contribution in [2.24, 2.45) is 0 Å². The van der Waals surface area contributed by atoms with Gasteiger partial charge in [-0.25, -0.2) is 13.6 Å². The number of carboxylic acids is 1. The third-order valence-electron chi connectivity index (χ3n) is 0.914. The zero-order chi connectivity index (χ0) is 8.43. The minimum absolute atomic E-state index is 0.394. The second-order valence-electron chi connectivity index (χ2n) is 1.59. The molecule has 0 unspecified atom stereocenters. The molecule has 0 bridgehead atoms. The van der Waals surface area contributed by atoms with Crippen LogP contribution < -0.4 is 0 Å². The number of carbonyl (C=O) groups is 1.